The van der Waals surface area contributed by atoms with Crippen LogP contribution in [0.5, 0.6) is 0 Å². The molecule has 1 nitrogen and oxygen atoms in total. The minimum Gasteiger partial charge on any atom is -0.205 e. The van der Waals surface area contributed by atoms with Crippen LogP contribution in [0.15, 0.2) is 12.1 Å². The minimum atomic E-state index is -0.493. The van der Waals surface area contributed by atoms with E-state index in [0.717, 1.165) is 0 Å². The summed E-state index contributed by atoms with van der Waals surface area (Å²) >= 11 is 5.60. The summed E-state index contributed by atoms with van der Waals surface area (Å²) in [6.45, 7) is 1.83. The molecule has 62 valence electrons. The SMILES string of the molecule is CCc1ccc(Cl)c(C#N)c1F. The molecule has 0 heterocycles. The highest BCUT2D eigenvalue weighted by Crippen LogP contribution is 2.21. The van der Waals surface area contributed by atoms with Crippen LogP contribution in [0.2, 0.25) is 5.02 Å². The number of aryl methyl sites for hydroxylation is 1. The molecule has 0 atom stereocenters. The minimum absolute atomic E-state index is 0.0592. The Morgan fingerprint density at radius 1 is 1.58 bits per heavy atom. The van der Waals surface area contributed by atoms with Crippen molar-refractivity contribution in [2.75, 3.05) is 0 Å². The number of hydrogen-bond acceptors (Lipinski definition) is 1. The van der Waals surface area contributed by atoms with Gasteiger partial charge in [-0.05, 0) is 18.1 Å². The zero-order chi connectivity index (χ0) is 9.14. The number of halogens is 2. The van der Waals surface area contributed by atoms with Crippen molar-refractivity contribution in [2.24, 2.45) is 0 Å². The third kappa shape index (κ3) is 1.41. The van der Waals surface area contributed by atoms with Gasteiger partial charge in [-0.3, -0.25) is 0 Å². The molecule has 0 radical (unpaired) electrons. The smallest absolute Gasteiger partial charge is 0.145 e. The van der Waals surface area contributed by atoms with E-state index in [4.69, 9.17) is 16.9 Å². The van der Waals surface area contributed by atoms with Crippen LogP contribution < -0.4 is 0 Å². The van der Waals surface area contributed by atoms with Gasteiger partial charge in [-0.2, -0.15) is 5.26 Å². The van der Waals surface area contributed by atoms with Crippen LogP contribution in [0.25, 0.3) is 0 Å². The van der Waals surface area contributed by atoms with E-state index in [9.17, 15) is 4.39 Å². The summed E-state index contributed by atoms with van der Waals surface area (Å²) in [6, 6.07) is 4.87. The Balaban J connectivity index is 3.36. The molecule has 0 aliphatic rings. The van der Waals surface area contributed by atoms with E-state index in [1.807, 2.05) is 6.92 Å². The van der Waals surface area contributed by atoms with Gasteiger partial charge in [0, 0.05) is 0 Å². The molecule has 0 bridgehead atoms. The Morgan fingerprint density at radius 3 is 2.75 bits per heavy atom. The second kappa shape index (κ2) is 3.55. The van der Waals surface area contributed by atoms with Crippen molar-refractivity contribution >= 4 is 11.6 Å². The number of rotatable bonds is 1. The Hall–Kier alpha value is -1.07. The average Bonchev–Trinajstić information content (AvgIpc) is 2.06. The number of hydrogen-bond donors (Lipinski definition) is 0. The van der Waals surface area contributed by atoms with E-state index in [1.165, 1.54) is 0 Å². The summed E-state index contributed by atoms with van der Waals surface area (Å²) in [5, 5.41) is 8.72. The van der Waals surface area contributed by atoms with Crippen LogP contribution in [0.3, 0.4) is 0 Å². The monoisotopic (exact) mass is 183 g/mol. The van der Waals surface area contributed by atoms with Crippen LogP contribution in [-0.4, -0.2) is 0 Å². The Bertz CT molecular complexity index is 341. The van der Waals surface area contributed by atoms with E-state index in [1.54, 1.807) is 18.2 Å². The van der Waals surface area contributed by atoms with Crippen molar-refractivity contribution in [2.45, 2.75) is 13.3 Å². The molecule has 0 fully saturated rings. The predicted molar refractivity (Wildman–Crippen MR) is 45.5 cm³/mol. The van der Waals surface area contributed by atoms with Gasteiger partial charge in [-0.15, -0.1) is 0 Å². The molecule has 1 aromatic carbocycles. The molecule has 0 aromatic heterocycles. The molecule has 0 saturated heterocycles. The molecule has 0 saturated carbocycles. The van der Waals surface area contributed by atoms with E-state index in [0.29, 0.717) is 12.0 Å². The lowest BCUT2D eigenvalue weighted by molar-refractivity contribution is 0.608. The molecule has 1 rings (SSSR count). The quantitative estimate of drug-likeness (QED) is 0.657. The molecule has 0 aliphatic carbocycles. The largest absolute Gasteiger partial charge is 0.205 e. The average molecular weight is 184 g/mol. The van der Waals surface area contributed by atoms with Gasteiger partial charge < -0.3 is 0 Å². The zero-order valence-electron chi connectivity index (χ0n) is 6.56. The molecule has 1 aromatic rings. The predicted octanol–water partition coefficient (Wildman–Crippen LogP) is 2.91. The van der Waals surface area contributed by atoms with E-state index in [-0.39, 0.29) is 10.6 Å². The van der Waals surface area contributed by atoms with Crippen molar-refractivity contribution in [3.05, 3.63) is 34.1 Å². The highest BCUT2D eigenvalue weighted by Gasteiger charge is 2.09. The van der Waals surface area contributed by atoms with Gasteiger partial charge in [0.25, 0.3) is 0 Å². The lowest BCUT2D eigenvalue weighted by Gasteiger charge is -2.01. The van der Waals surface area contributed by atoms with Crippen molar-refractivity contribution in [3.8, 4) is 6.07 Å². The maximum absolute atomic E-state index is 13.2. The van der Waals surface area contributed by atoms with Gasteiger partial charge in [0.2, 0.25) is 0 Å². The van der Waals surface area contributed by atoms with Gasteiger partial charge in [-0.25, -0.2) is 4.39 Å². The van der Waals surface area contributed by atoms with Crippen LogP contribution in [0, 0.1) is 17.1 Å². The molecule has 0 spiro atoms. The normalized spacial score (nSPS) is 9.50. The van der Waals surface area contributed by atoms with Crippen LogP contribution in [-0.2, 0) is 6.42 Å². The van der Waals surface area contributed by atoms with Crippen molar-refractivity contribution in [1.29, 1.82) is 5.26 Å². The second-order valence-electron chi connectivity index (χ2n) is 2.36. The fourth-order valence-electron chi connectivity index (χ4n) is 0.971. The highest BCUT2D eigenvalue weighted by atomic mass is 35.5. The highest BCUT2D eigenvalue weighted by molar-refractivity contribution is 6.31. The molecular weight excluding hydrogens is 177 g/mol. The maximum atomic E-state index is 13.2. The number of nitrogens with zero attached hydrogens (tertiary/aromatic N) is 1. The van der Waals surface area contributed by atoms with Crippen molar-refractivity contribution in [3.63, 3.8) is 0 Å². The fraction of sp³-hybridized carbons (Fsp3) is 0.222. The third-order valence-electron chi connectivity index (χ3n) is 1.66. The molecular formula is C9H7ClFN. The molecule has 12 heavy (non-hydrogen) atoms. The van der Waals surface area contributed by atoms with Gasteiger partial charge in [0.15, 0.2) is 0 Å². The summed E-state index contributed by atoms with van der Waals surface area (Å²) in [5.41, 5.74) is 0.465. The summed E-state index contributed by atoms with van der Waals surface area (Å²) in [6.07, 6.45) is 0.567. The molecule has 0 aliphatic heterocycles. The van der Waals surface area contributed by atoms with Gasteiger partial charge >= 0.3 is 0 Å². The van der Waals surface area contributed by atoms with E-state index < -0.39 is 5.82 Å². The third-order valence-corrected chi connectivity index (χ3v) is 1.98. The molecule has 0 unspecified atom stereocenters. The first-order valence-corrected chi connectivity index (χ1v) is 3.95. The summed E-state index contributed by atoms with van der Waals surface area (Å²) in [5.74, 6) is -0.493. The first-order chi connectivity index (χ1) is 5.70. The lowest BCUT2D eigenvalue weighted by Crippen LogP contribution is -1.92. The van der Waals surface area contributed by atoms with Crippen LogP contribution in [0.1, 0.15) is 18.1 Å². The molecule has 3 heteroatoms. The van der Waals surface area contributed by atoms with Gasteiger partial charge in [-0.1, -0.05) is 24.6 Å². The zero-order valence-corrected chi connectivity index (χ0v) is 7.32. The van der Waals surface area contributed by atoms with Crippen LogP contribution >= 0.6 is 11.6 Å². The number of benzene rings is 1. The van der Waals surface area contributed by atoms with Gasteiger partial charge in [0.05, 0.1) is 5.02 Å². The van der Waals surface area contributed by atoms with Gasteiger partial charge in [0.1, 0.15) is 17.4 Å². The lowest BCUT2D eigenvalue weighted by atomic mass is 10.1. The Kier molecular flexibility index (Phi) is 2.67. The Morgan fingerprint density at radius 2 is 2.25 bits per heavy atom. The maximum Gasteiger partial charge on any atom is 0.145 e. The van der Waals surface area contributed by atoms with Crippen molar-refractivity contribution < 1.29 is 4.39 Å². The fourth-order valence-corrected chi connectivity index (χ4v) is 1.16. The summed E-state index contributed by atoms with van der Waals surface area (Å²) in [4.78, 5) is 0. The van der Waals surface area contributed by atoms with Crippen molar-refractivity contribution in [1.82, 2.24) is 0 Å². The first-order valence-electron chi connectivity index (χ1n) is 3.57. The molecule has 0 amide bonds. The first kappa shape index (κ1) is 9.02. The second-order valence-corrected chi connectivity index (χ2v) is 2.77. The summed E-state index contributed by atoms with van der Waals surface area (Å²) < 4.78 is 13.2. The Labute approximate surface area is 75.4 Å². The molecule has 0 N–H and O–H groups in total. The summed E-state index contributed by atoms with van der Waals surface area (Å²) in [7, 11) is 0. The topological polar surface area (TPSA) is 23.8 Å². The standard InChI is InChI=1S/C9H7ClFN/c1-2-6-3-4-8(10)7(5-12)9(6)11/h3-4H,2H2,1H3. The van der Waals surface area contributed by atoms with E-state index in [2.05, 4.69) is 0 Å². The number of nitriles is 1. The van der Waals surface area contributed by atoms with E-state index >= 15 is 0 Å². The van der Waals surface area contributed by atoms with Crippen LogP contribution in [0.4, 0.5) is 4.39 Å².